The Morgan fingerprint density at radius 1 is 1.37 bits per heavy atom. The summed E-state index contributed by atoms with van der Waals surface area (Å²) in [5, 5.41) is 5.99. The van der Waals surface area contributed by atoms with Crippen LogP contribution in [-0.2, 0) is 0 Å². The Balaban J connectivity index is 1.96. The van der Waals surface area contributed by atoms with Crippen molar-refractivity contribution >= 4 is 27.5 Å². The first-order valence-corrected chi connectivity index (χ1v) is 6.67. The number of imidazole rings is 1. The Morgan fingerprint density at radius 3 is 3.05 bits per heavy atom. The number of nitrogens with one attached hydrogen (secondary N) is 3. The van der Waals surface area contributed by atoms with Crippen molar-refractivity contribution in [3.8, 4) is 11.3 Å². The molecule has 0 aliphatic carbocycles. The lowest BCUT2D eigenvalue weighted by atomic mass is 10.1. The topological polar surface area (TPSA) is 73.6 Å². The van der Waals surface area contributed by atoms with Crippen LogP contribution in [0.4, 0.5) is 5.13 Å². The molecule has 0 fully saturated rings. The molecule has 0 saturated carbocycles. The van der Waals surface area contributed by atoms with E-state index < -0.39 is 0 Å². The van der Waals surface area contributed by atoms with E-state index in [9.17, 15) is 4.79 Å². The lowest BCUT2D eigenvalue weighted by molar-refractivity contribution is 1.21. The maximum absolute atomic E-state index is 11.2. The summed E-state index contributed by atoms with van der Waals surface area (Å²) in [4.78, 5) is 21.2. The van der Waals surface area contributed by atoms with Gasteiger partial charge in [-0.05, 0) is 12.1 Å². The van der Waals surface area contributed by atoms with Crippen LogP contribution in [-0.4, -0.2) is 21.5 Å². The lowest BCUT2D eigenvalue weighted by Crippen LogP contribution is -1.99. The molecule has 0 atom stereocenters. The number of thiazole rings is 1. The van der Waals surface area contributed by atoms with Gasteiger partial charge in [0.1, 0.15) is 0 Å². The Labute approximate surface area is 113 Å². The van der Waals surface area contributed by atoms with Gasteiger partial charge < -0.3 is 15.3 Å². The van der Waals surface area contributed by atoms with Crippen LogP contribution in [0.2, 0.25) is 0 Å². The quantitative estimate of drug-likeness (QED) is 0.639. The molecule has 3 rings (SSSR count). The highest BCUT2D eigenvalue weighted by Crippen LogP contribution is 2.26. The summed E-state index contributed by atoms with van der Waals surface area (Å²) in [5.41, 5.74) is 3.26. The number of nitrogens with zero attached hydrogens (tertiary/aromatic N) is 1. The standard InChI is InChI=1S/C13H12N4OS/c1-2-5-14-13-17-11(7-19-13)8-3-4-9-10(6-8)16-12(18)15-9/h2-4,6-7H,1,5H2,(H,14,17)(H2,15,16,18). The molecule has 0 unspecified atom stereocenters. The van der Waals surface area contributed by atoms with E-state index in [1.54, 1.807) is 17.4 Å². The van der Waals surface area contributed by atoms with Gasteiger partial charge >= 0.3 is 5.69 Å². The van der Waals surface area contributed by atoms with Crippen molar-refractivity contribution in [2.45, 2.75) is 0 Å². The highest BCUT2D eigenvalue weighted by atomic mass is 32.1. The molecule has 0 aliphatic rings. The zero-order valence-corrected chi connectivity index (χ0v) is 10.9. The summed E-state index contributed by atoms with van der Waals surface area (Å²) >= 11 is 1.55. The van der Waals surface area contributed by atoms with Crippen molar-refractivity contribution in [1.82, 2.24) is 15.0 Å². The highest BCUT2D eigenvalue weighted by Gasteiger charge is 2.06. The molecule has 5 nitrogen and oxygen atoms in total. The van der Waals surface area contributed by atoms with Gasteiger partial charge in [0, 0.05) is 17.5 Å². The van der Waals surface area contributed by atoms with E-state index in [4.69, 9.17) is 0 Å². The first-order valence-electron chi connectivity index (χ1n) is 5.79. The van der Waals surface area contributed by atoms with Gasteiger partial charge in [0.25, 0.3) is 0 Å². The number of anilines is 1. The maximum Gasteiger partial charge on any atom is 0.323 e. The normalized spacial score (nSPS) is 10.7. The molecule has 0 spiro atoms. The molecular formula is C13H12N4OS. The number of fused-ring (bicyclic) bond motifs is 1. The molecule has 0 radical (unpaired) electrons. The smallest absolute Gasteiger partial charge is 0.323 e. The molecule has 3 N–H and O–H groups in total. The second-order valence-electron chi connectivity index (χ2n) is 4.05. The summed E-state index contributed by atoms with van der Waals surface area (Å²) in [5.74, 6) is 0. The zero-order valence-electron chi connectivity index (χ0n) is 10.1. The molecule has 1 aromatic carbocycles. The van der Waals surface area contributed by atoms with Crippen LogP contribution in [0.3, 0.4) is 0 Å². The number of hydrogen-bond donors (Lipinski definition) is 3. The minimum Gasteiger partial charge on any atom is -0.358 e. The molecule has 0 bridgehead atoms. The van der Waals surface area contributed by atoms with Crippen molar-refractivity contribution < 1.29 is 0 Å². The third-order valence-electron chi connectivity index (χ3n) is 2.71. The number of rotatable bonds is 4. The van der Waals surface area contributed by atoms with E-state index in [1.165, 1.54) is 0 Å². The molecule has 2 heterocycles. The molecule has 19 heavy (non-hydrogen) atoms. The predicted octanol–water partition coefficient (Wildman–Crippen LogP) is 2.58. The predicted molar refractivity (Wildman–Crippen MR) is 78.7 cm³/mol. The third kappa shape index (κ3) is 2.30. The fourth-order valence-corrected chi connectivity index (χ4v) is 2.57. The number of aromatic nitrogens is 3. The second kappa shape index (κ2) is 4.74. The van der Waals surface area contributed by atoms with Crippen molar-refractivity contribution in [1.29, 1.82) is 0 Å². The van der Waals surface area contributed by atoms with Crippen molar-refractivity contribution in [3.05, 3.63) is 46.7 Å². The Bertz CT molecular complexity index is 783. The zero-order chi connectivity index (χ0) is 13.2. The van der Waals surface area contributed by atoms with Crippen molar-refractivity contribution in [3.63, 3.8) is 0 Å². The first kappa shape index (κ1) is 11.7. The van der Waals surface area contributed by atoms with Crippen molar-refractivity contribution in [2.24, 2.45) is 0 Å². The molecule has 6 heteroatoms. The van der Waals surface area contributed by atoms with Gasteiger partial charge in [-0.2, -0.15) is 0 Å². The second-order valence-corrected chi connectivity index (χ2v) is 4.91. The third-order valence-corrected chi connectivity index (χ3v) is 3.51. The molecule has 2 aromatic heterocycles. The van der Waals surface area contributed by atoms with Crippen LogP contribution in [0.15, 0.2) is 41.0 Å². The summed E-state index contributed by atoms with van der Waals surface area (Å²) < 4.78 is 0. The minimum atomic E-state index is -0.196. The fraction of sp³-hybridized carbons (Fsp3) is 0.0769. The molecular weight excluding hydrogens is 260 g/mol. The fourth-order valence-electron chi connectivity index (χ4n) is 1.84. The summed E-state index contributed by atoms with van der Waals surface area (Å²) in [7, 11) is 0. The number of aromatic amines is 2. The van der Waals surface area contributed by atoms with E-state index >= 15 is 0 Å². The van der Waals surface area contributed by atoms with E-state index in [2.05, 4.69) is 26.8 Å². The van der Waals surface area contributed by atoms with Gasteiger partial charge in [-0.3, -0.25) is 0 Å². The van der Waals surface area contributed by atoms with Gasteiger partial charge in [0.15, 0.2) is 5.13 Å². The molecule has 96 valence electrons. The molecule has 0 aliphatic heterocycles. The van der Waals surface area contributed by atoms with Crippen LogP contribution >= 0.6 is 11.3 Å². The van der Waals surface area contributed by atoms with E-state index in [0.29, 0.717) is 6.54 Å². The minimum absolute atomic E-state index is 0.196. The summed E-state index contributed by atoms with van der Waals surface area (Å²) in [6, 6.07) is 5.73. The average molecular weight is 272 g/mol. The molecule has 0 amide bonds. The number of H-pyrrole nitrogens is 2. The lowest BCUT2D eigenvalue weighted by Gasteiger charge is -1.97. The van der Waals surface area contributed by atoms with Gasteiger partial charge in [-0.15, -0.1) is 17.9 Å². The van der Waals surface area contributed by atoms with Crippen LogP contribution in [0, 0.1) is 0 Å². The number of benzene rings is 1. The van der Waals surface area contributed by atoms with E-state index in [0.717, 1.165) is 27.4 Å². The van der Waals surface area contributed by atoms with Gasteiger partial charge in [0.05, 0.1) is 16.7 Å². The summed E-state index contributed by atoms with van der Waals surface area (Å²) in [6.45, 7) is 4.35. The number of hydrogen-bond acceptors (Lipinski definition) is 4. The monoisotopic (exact) mass is 272 g/mol. The summed E-state index contributed by atoms with van der Waals surface area (Å²) in [6.07, 6.45) is 1.79. The highest BCUT2D eigenvalue weighted by molar-refractivity contribution is 7.14. The van der Waals surface area contributed by atoms with Crippen LogP contribution < -0.4 is 11.0 Å². The maximum atomic E-state index is 11.2. The largest absolute Gasteiger partial charge is 0.358 e. The molecule has 3 aromatic rings. The van der Waals surface area contributed by atoms with E-state index in [-0.39, 0.29) is 5.69 Å². The first-order chi connectivity index (χ1) is 9.26. The Kier molecular flexibility index (Phi) is 2.92. The van der Waals surface area contributed by atoms with Gasteiger partial charge in [-0.1, -0.05) is 12.1 Å². The van der Waals surface area contributed by atoms with Crippen LogP contribution in [0.5, 0.6) is 0 Å². The molecule has 0 saturated heterocycles. The van der Waals surface area contributed by atoms with Gasteiger partial charge in [-0.25, -0.2) is 9.78 Å². The van der Waals surface area contributed by atoms with Gasteiger partial charge in [0.2, 0.25) is 0 Å². The van der Waals surface area contributed by atoms with Crippen LogP contribution in [0.25, 0.3) is 22.3 Å². The Hall–Kier alpha value is -2.34. The van der Waals surface area contributed by atoms with Crippen molar-refractivity contribution in [2.75, 3.05) is 11.9 Å². The van der Waals surface area contributed by atoms with Crippen LogP contribution in [0.1, 0.15) is 0 Å². The average Bonchev–Trinajstić information content (AvgIpc) is 3.00. The SMILES string of the molecule is C=CCNc1nc(-c2ccc3[nH]c(=O)[nH]c3c2)cs1. The Morgan fingerprint density at radius 2 is 2.21 bits per heavy atom. The van der Waals surface area contributed by atoms with E-state index in [1.807, 2.05) is 23.6 Å².